The van der Waals surface area contributed by atoms with E-state index in [-0.39, 0.29) is 40.4 Å². The summed E-state index contributed by atoms with van der Waals surface area (Å²) < 4.78 is 39.7. The van der Waals surface area contributed by atoms with Gasteiger partial charge in [0, 0.05) is 42.0 Å². The molecule has 6 nitrogen and oxygen atoms in total. The van der Waals surface area contributed by atoms with E-state index < -0.39 is 11.6 Å². The monoisotopic (exact) mass is 532 g/mol. The predicted molar refractivity (Wildman–Crippen MR) is 126 cm³/mol. The zero-order valence-electron chi connectivity index (χ0n) is 18.5. The second-order valence-corrected chi connectivity index (χ2v) is 8.78. The molecule has 3 aromatic rings. The van der Waals surface area contributed by atoms with Crippen LogP contribution in [0.5, 0.6) is 5.75 Å². The fraction of sp³-hybridized carbons (Fsp3) is 0.280. The molecule has 2 aromatic carbocycles. The Morgan fingerprint density at radius 1 is 1.12 bits per heavy atom. The molecule has 2 heterocycles. The number of hydrogen-bond acceptors (Lipinski definition) is 4. The van der Waals surface area contributed by atoms with Gasteiger partial charge in [0.25, 0.3) is 11.5 Å². The normalized spacial score (nSPS) is 13.7. The van der Waals surface area contributed by atoms with Crippen LogP contribution in [0.15, 0.2) is 57.8 Å². The third-order valence-corrected chi connectivity index (χ3v) is 6.36. The number of aromatic nitrogens is 1. The Morgan fingerprint density at radius 2 is 1.88 bits per heavy atom. The molecular formula is C25H23BrF2N2O4. The predicted octanol–water partition coefficient (Wildman–Crippen LogP) is 4.30. The summed E-state index contributed by atoms with van der Waals surface area (Å²) in [6.07, 6.45) is 0. The van der Waals surface area contributed by atoms with E-state index in [0.29, 0.717) is 37.6 Å². The standard InChI is InChI=1S/C25H23BrF2N2O4/c1-16-11-22(34-15-19-5-6-20(27)13-21(19)28)23(26)25(32)30(16)14-17-3-2-4-18(12-17)24(31)29-7-9-33-10-8-29/h2-6,11-13H,7-10,14-15H2,1H3. The van der Waals surface area contributed by atoms with Gasteiger partial charge in [0.05, 0.1) is 19.8 Å². The van der Waals surface area contributed by atoms with Gasteiger partial charge in [-0.05, 0) is 52.7 Å². The van der Waals surface area contributed by atoms with Crippen molar-refractivity contribution in [2.24, 2.45) is 0 Å². The highest BCUT2D eigenvalue weighted by Crippen LogP contribution is 2.24. The average molecular weight is 533 g/mol. The third kappa shape index (κ3) is 5.37. The molecule has 1 fully saturated rings. The molecule has 0 aliphatic carbocycles. The molecular weight excluding hydrogens is 510 g/mol. The van der Waals surface area contributed by atoms with E-state index >= 15 is 0 Å². The van der Waals surface area contributed by atoms with Gasteiger partial charge in [-0.15, -0.1) is 0 Å². The second-order valence-electron chi connectivity index (χ2n) is 7.98. The van der Waals surface area contributed by atoms with Crippen LogP contribution in [0.25, 0.3) is 0 Å². The summed E-state index contributed by atoms with van der Waals surface area (Å²) in [5.74, 6) is -1.19. The number of rotatable bonds is 6. The first-order chi connectivity index (χ1) is 16.3. The Balaban J connectivity index is 1.52. The van der Waals surface area contributed by atoms with Gasteiger partial charge in [-0.3, -0.25) is 9.59 Å². The zero-order chi connectivity index (χ0) is 24.2. The number of aryl methyl sites for hydroxylation is 1. The minimum atomic E-state index is -0.715. The van der Waals surface area contributed by atoms with Gasteiger partial charge in [0.1, 0.15) is 28.5 Å². The molecule has 1 aromatic heterocycles. The number of carbonyl (C=O) groups is 1. The number of pyridine rings is 1. The smallest absolute Gasteiger partial charge is 0.269 e. The largest absolute Gasteiger partial charge is 0.487 e. The molecule has 1 saturated heterocycles. The summed E-state index contributed by atoms with van der Waals surface area (Å²) in [6, 6.07) is 12.1. The van der Waals surface area contributed by atoms with Crippen molar-refractivity contribution in [1.82, 2.24) is 9.47 Å². The molecule has 0 radical (unpaired) electrons. The molecule has 1 amide bonds. The summed E-state index contributed by atoms with van der Waals surface area (Å²) in [5.41, 5.74) is 1.85. The highest BCUT2D eigenvalue weighted by Gasteiger charge is 2.19. The highest BCUT2D eigenvalue weighted by atomic mass is 79.9. The first-order valence-corrected chi connectivity index (χ1v) is 11.6. The fourth-order valence-electron chi connectivity index (χ4n) is 3.75. The quantitative estimate of drug-likeness (QED) is 0.475. The summed E-state index contributed by atoms with van der Waals surface area (Å²) in [5, 5.41) is 0. The van der Waals surface area contributed by atoms with Gasteiger partial charge in [-0.2, -0.15) is 0 Å². The number of carbonyl (C=O) groups excluding carboxylic acids is 1. The Labute approximate surface area is 203 Å². The van der Waals surface area contributed by atoms with Crippen LogP contribution in [0, 0.1) is 18.6 Å². The van der Waals surface area contributed by atoms with Crippen molar-refractivity contribution in [1.29, 1.82) is 0 Å². The Kier molecular flexibility index (Phi) is 7.43. The van der Waals surface area contributed by atoms with E-state index in [1.54, 1.807) is 40.7 Å². The first kappa shape index (κ1) is 24.1. The molecule has 34 heavy (non-hydrogen) atoms. The molecule has 0 atom stereocenters. The minimum Gasteiger partial charge on any atom is -0.487 e. The number of halogens is 3. The van der Waals surface area contributed by atoms with E-state index in [9.17, 15) is 18.4 Å². The molecule has 0 bridgehead atoms. The maximum absolute atomic E-state index is 13.9. The molecule has 4 rings (SSSR count). The van der Waals surface area contributed by atoms with Crippen LogP contribution in [0.3, 0.4) is 0 Å². The molecule has 0 saturated carbocycles. The van der Waals surface area contributed by atoms with E-state index in [2.05, 4.69) is 15.9 Å². The van der Waals surface area contributed by atoms with Crippen LogP contribution in [0.4, 0.5) is 8.78 Å². The van der Waals surface area contributed by atoms with Crippen molar-refractivity contribution in [2.75, 3.05) is 26.3 Å². The van der Waals surface area contributed by atoms with Crippen LogP contribution in [0.1, 0.15) is 27.2 Å². The maximum atomic E-state index is 13.9. The van der Waals surface area contributed by atoms with E-state index in [1.165, 1.54) is 6.07 Å². The molecule has 1 aliphatic rings. The molecule has 1 aliphatic heterocycles. The maximum Gasteiger partial charge on any atom is 0.269 e. The van der Waals surface area contributed by atoms with Crippen LogP contribution in [-0.2, 0) is 17.9 Å². The highest BCUT2D eigenvalue weighted by molar-refractivity contribution is 9.10. The van der Waals surface area contributed by atoms with Gasteiger partial charge in [-0.25, -0.2) is 8.78 Å². The van der Waals surface area contributed by atoms with Crippen LogP contribution >= 0.6 is 15.9 Å². The van der Waals surface area contributed by atoms with Crippen LogP contribution < -0.4 is 10.3 Å². The summed E-state index contributed by atoms with van der Waals surface area (Å²) in [4.78, 5) is 27.6. The van der Waals surface area contributed by atoms with E-state index in [1.807, 2.05) is 6.07 Å². The number of hydrogen-bond donors (Lipinski definition) is 0. The van der Waals surface area contributed by atoms with E-state index in [4.69, 9.17) is 9.47 Å². The topological polar surface area (TPSA) is 60.8 Å². The summed E-state index contributed by atoms with van der Waals surface area (Å²) in [6.45, 7) is 4.03. The van der Waals surface area contributed by atoms with Crippen LogP contribution in [-0.4, -0.2) is 41.7 Å². The van der Waals surface area contributed by atoms with Crippen molar-refractivity contribution in [3.63, 3.8) is 0 Å². The van der Waals surface area contributed by atoms with Crippen molar-refractivity contribution in [2.45, 2.75) is 20.1 Å². The summed E-state index contributed by atoms with van der Waals surface area (Å²) >= 11 is 3.29. The lowest BCUT2D eigenvalue weighted by Gasteiger charge is -2.27. The van der Waals surface area contributed by atoms with Crippen molar-refractivity contribution >= 4 is 21.8 Å². The van der Waals surface area contributed by atoms with Gasteiger partial charge in [0.15, 0.2) is 0 Å². The van der Waals surface area contributed by atoms with Gasteiger partial charge in [-0.1, -0.05) is 12.1 Å². The molecule has 9 heteroatoms. The van der Waals surface area contributed by atoms with Crippen LogP contribution in [0.2, 0.25) is 0 Å². The lowest BCUT2D eigenvalue weighted by atomic mass is 10.1. The number of morpholine rings is 1. The lowest BCUT2D eigenvalue weighted by molar-refractivity contribution is 0.0303. The number of nitrogens with zero attached hydrogens (tertiary/aromatic N) is 2. The Morgan fingerprint density at radius 3 is 2.62 bits per heavy atom. The molecule has 0 spiro atoms. The molecule has 0 N–H and O–H groups in total. The number of amides is 1. The Hall–Kier alpha value is -3.04. The third-order valence-electron chi connectivity index (χ3n) is 5.63. The zero-order valence-corrected chi connectivity index (χ0v) is 20.1. The van der Waals surface area contributed by atoms with E-state index in [0.717, 1.165) is 17.7 Å². The molecule has 0 unspecified atom stereocenters. The van der Waals surface area contributed by atoms with Crippen molar-refractivity contribution < 1.29 is 23.0 Å². The van der Waals surface area contributed by atoms with Gasteiger partial charge < -0.3 is 18.9 Å². The Bertz CT molecular complexity index is 1270. The van der Waals surface area contributed by atoms with Crippen molar-refractivity contribution in [3.05, 3.63) is 97.4 Å². The first-order valence-electron chi connectivity index (χ1n) is 10.8. The fourth-order valence-corrected chi connectivity index (χ4v) is 4.19. The number of ether oxygens (including phenoxy) is 2. The molecule has 178 valence electrons. The summed E-state index contributed by atoms with van der Waals surface area (Å²) in [7, 11) is 0. The lowest BCUT2D eigenvalue weighted by Crippen LogP contribution is -2.40. The average Bonchev–Trinajstić information content (AvgIpc) is 2.84. The second kappa shape index (κ2) is 10.5. The SMILES string of the molecule is Cc1cc(OCc2ccc(F)cc2F)c(Br)c(=O)n1Cc1cccc(C(=O)N2CCOCC2)c1. The van der Waals surface area contributed by atoms with Gasteiger partial charge in [0.2, 0.25) is 0 Å². The van der Waals surface area contributed by atoms with Gasteiger partial charge >= 0.3 is 0 Å². The number of benzene rings is 2. The minimum absolute atomic E-state index is 0.0628. The van der Waals surface area contributed by atoms with Crippen molar-refractivity contribution in [3.8, 4) is 5.75 Å².